The van der Waals surface area contributed by atoms with Gasteiger partial charge in [0.05, 0.1) is 0 Å². The number of aryl methyl sites for hydroxylation is 1. The summed E-state index contributed by atoms with van der Waals surface area (Å²) in [6.45, 7) is 6.69. The minimum Gasteiger partial charge on any atom is -0.371 e. The van der Waals surface area contributed by atoms with Gasteiger partial charge in [0.15, 0.2) is 0 Å². The Balaban J connectivity index is 1.91. The third-order valence-corrected chi connectivity index (χ3v) is 4.11. The molecule has 1 aliphatic rings. The highest BCUT2D eigenvalue weighted by atomic mass is 15.1. The van der Waals surface area contributed by atoms with Crippen molar-refractivity contribution in [2.45, 2.75) is 26.2 Å². The molecule has 1 aliphatic heterocycles. The van der Waals surface area contributed by atoms with Crippen LogP contribution in [0, 0.1) is 6.92 Å². The summed E-state index contributed by atoms with van der Waals surface area (Å²) in [5.41, 5.74) is 5.78. The summed E-state index contributed by atoms with van der Waals surface area (Å²) >= 11 is 0. The quantitative estimate of drug-likeness (QED) is 0.791. The SMILES string of the molecule is CCN1CC(Cc2ccccc2)c2cc(C)ccc21. The van der Waals surface area contributed by atoms with E-state index in [1.54, 1.807) is 0 Å². The van der Waals surface area contributed by atoms with E-state index in [9.17, 15) is 0 Å². The van der Waals surface area contributed by atoms with Gasteiger partial charge in [-0.3, -0.25) is 0 Å². The number of fused-ring (bicyclic) bond motifs is 1. The van der Waals surface area contributed by atoms with Crippen molar-refractivity contribution in [1.82, 2.24) is 0 Å². The summed E-state index contributed by atoms with van der Waals surface area (Å²) in [4.78, 5) is 2.50. The molecule has 1 unspecified atom stereocenters. The molecule has 3 rings (SSSR count). The van der Waals surface area contributed by atoms with E-state index >= 15 is 0 Å². The van der Waals surface area contributed by atoms with Crippen LogP contribution in [-0.4, -0.2) is 13.1 Å². The molecule has 0 aromatic heterocycles. The number of hydrogen-bond acceptors (Lipinski definition) is 1. The minimum absolute atomic E-state index is 0.636. The Bertz CT molecular complexity index is 559. The van der Waals surface area contributed by atoms with Gasteiger partial charge in [-0.2, -0.15) is 0 Å². The number of likely N-dealkylation sites (N-methyl/N-ethyl adjacent to an activating group) is 1. The summed E-state index contributed by atoms with van der Waals surface area (Å²) in [5, 5.41) is 0. The molecular formula is C18H21N. The second kappa shape index (κ2) is 5.08. The molecule has 2 aromatic rings. The Labute approximate surface area is 115 Å². The lowest BCUT2D eigenvalue weighted by Crippen LogP contribution is -2.21. The normalized spacial score (nSPS) is 17.6. The molecule has 0 radical (unpaired) electrons. The maximum Gasteiger partial charge on any atom is 0.0402 e. The first-order valence-electron chi connectivity index (χ1n) is 7.17. The van der Waals surface area contributed by atoms with Gasteiger partial charge in [-0.25, -0.2) is 0 Å². The fourth-order valence-electron chi connectivity index (χ4n) is 3.12. The zero-order valence-electron chi connectivity index (χ0n) is 11.8. The van der Waals surface area contributed by atoms with Crippen molar-refractivity contribution in [2.24, 2.45) is 0 Å². The van der Waals surface area contributed by atoms with Gasteiger partial charge in [0.1, 0.15) is 0 Å². The van der Waals surface area contributed by atoms with Gasteiger partial charge in [0, 0.05) is 24.7 Å². The lowest BCUT2D eigenvalue weighted by molar-refractivity contribution is 0.698. The van der Waals surface area contributed by atoms with Gasteiger partial charge in [-0.05, 0) is 37.5 Å². The van der Waals surface area contributed by atoms with E-state index in [0.717, 1.165) is 19.5 Å². The zero-order chi connectivity index (χ0) is 13.2. The largest absolute Gasteiger partial charge is 0.371 e. The van der Waals surface area contributed by atoms with Crippen molar-refractivity contribution < 1.29 is 0 Å². The predicted molar refractivity (Wildman–Crippen MR) is 82.0 cm³/mol. The van der Waals surface area contributed by atoms with Crippen molar-refractivity contribution in [3.05, 3.63) is 65.2 Å². The second-order valence-corrected chi connectivity index (χ2v) is 5.49. The van der Waals surface area contributed by atoms with E-state index in [0.29, 0.717) is 5.92 Å². The first-order chi connectivity index (χ1) is 9.28. The molecule has 1 nitrogen and oxygen atoms in total. The maximum absolute atomic E-state index is 2.50. The summed E-state index contributed by atoms with van der Waals surface area (Å²) in [6.07, 6.45) is 1.15. The molecule has 0 spiro atoms. The summed E-state index contributed by atoms with van der Waals surface area (Å²) in [6, 6.07) is 17.7. The Kier molecular flexibility index (Phi) is 3.29. The lowest BCUT2D eigenvalue weighted by Gasteiger charge is -2.17. The molecule has 0 N–H and O–H groups in total. The number of benzene rings is 2. The summed E-state index contributed by atoms with van der Waals surface area (Å²) in [5.74, 6) is 0.636. The van der Waals surface area contributed by atoms with Crippen LogP contribution in [0.4, 0.5) is 5.69 Å². The Morgan fingerprint density at radius 1 is 1.11 bits per heavy atom. The third-order valence-electron chi connectivity index (χ3n) is 4.11. The highest BCUT2D eigenvalue weighted by Crippen LogP contribution is 2.38. The van der Waals surface area contributed by atoms with E-state index < -0.39 is 0 Å². The van der Waals surface area contributed by atoms with Crippen molar-refractivity contribution in [1.29, 1.82) is 0 Å². The van der Waals surface area contributed by atoms with Crippen molar-refractivity contribution in [3.8, 4) is 0 Å². The minimum atomic E-state index is 0.636. The molecule has 1 atom stereocenters. The van der Waals surface area contributed by atoms with Crippen LogP contribution in [0.1, 0.15) is 29.5 Å². The van der Waals surface area contributed by atoms with Crippen LogP contribution in [0.25, 0.3) is 0 Å². The van der Waals surface area contributed by atoms with Crippen LogP contribution < -0.4 is 4.90 Å². The number of rotatable bonds is 3. The topological polar surface area (TPSA) is 3.24 Å². The summed E-state index contributed by atoms with van der Waals surface area (Å²) in [7, 11) is 0. The van der Waals surface area contributed by atoms with Crippen LogP contribution in [0.3, 0.4) is 0 Å². The average molecular weight is 251 g/mol. The van der Waals surface area contributed by atoms with Gasteiger partial charge in [-0.15, -0.1) is 0 Å². The molecular weight excluding hydrogens is 230 g/mol. The Morgan fingerprint density at radius 3 is 2.63 bits per heavy atom. The van der Waals surface area contributed by atoms with E-state index in [1.165, 1.54) is 22.4 Å². The molecule has 98 valence electrons. The fourth-order valence-corrected chi connectivity index (χ4v) is 3.12. The van der Waals surface area contributed by atoms with Gasteiger partial charge in [0.2, 0.25) is 0 Å². The lowest BCUT2D eigenvalue weighted by atomic mass is 9.93. The standard InChI is InChI=1S/C18H21N/c1-3-19-13-16(12-15-7-5-4-6-8-15)17-11-14(2)9-10-18(17)19/h4-11,16H,3,12-13H2,1-2H3. The van der Waals surface area contributed by atoms with E-state index in [-0.39, 0.29) is 0 Å². The molecule has 0 saturated heterocycles. The molecule has 0 fully saturated rings. The molecule has 0 amide bonds. The first-order valence-corrected chi connectivity index (χ1v) is 7.17. The van der Waals surface area contributed by atoms with Crippen molar-refractivity contribution in [2.75, 3.05) is 18.0 Å². The molecule has 0 aliphatic carbocycles. The van der Waals surface area contributed by atoms with Crippen LogP contribution in [0.15, 0.2) is 48.5 Å². The van der Waals surface area contributed by atoms with E-state index in [1.807, 2.05) is 0 Å². The average Bonchev–Trinajstić information content (AvgIpc) is 2.77. The highest BCUT2D eigenvalue weighted by molar-refractivity contribution is 5.61. The molecule has 0 bridgehead atoms. The van der Waals surface area contributed by atoms with E-state index in [4.69, 9.17) is 0 Å². The summed E-state index contributed by atoms with van der Waals surface area (Å²) < 4.78 is 0. The highest BCUT2D eigenvalue weighted by Gasteiger charge is 2.27. The smallest absolute Gasteiger partial charge is 0.0402 e. The fraction of sp³-hybridized carbons (Fsp3) is 0.333. The predicted octanol–water partition coefficient (Wildman–Crippen LogP) is 4.16. The van der Waals surface area contributed by atoms with Gasteiger partial charge >= 0.3 is 0 Å². The van der Waals surface area contributed by atoms with Gasteiger partial charge < -0.3 is 4.90 Å². The number of anilines is 1. The molecule has 19 heavy (non-hydrogen) atoms. The van der Waals surface area contributed by atoms with Gasteiger partial charge in [0.25, 0.3) is 0 Å². The second-order valence-electron chi connectivity index (χ2n) is 5.49. The van der Waals surface area contributed by atoms with E-state index in [2.05, 4.69) is 67.3 Å². The van der Waals surface area contributed by atoms with Crippen LogP contribution >= 0.6 is 0 Å². The zero-order valence-corrected chi connectivity index (χ0v) is 11.8. The number of nitrogens with zero attached hydrogens (tertiary/aromatic N) is 1. The van der Waals surface area contributed by atoms with Crippen molar-refractivity contribution in [3.63, 3.8) is 0 Å². The first kappa shape index (κ1) is 12.3. The molecule has 2 aromatic carbocycles. The Morgan fingerprint density at radius 2 is 1.89 bits per heavy atom. The maximum atomic E-state index is 2.50. The molecule has 1 heterocycles. The Hall–Kier alpha value is -1.76. The number of hydrogen-bond donors (Lipinski definition) is 0. The van der Waals surface area contributed by atoms with Crippen molar-refractivity contribution >= 4 is 5.69 Å². The van der Waals surface area contributed by atoms with Crippen LogP contribution in [0.5, 0.6) is 0 Å². The monoisotopic (exact) mass is 251 g/mol. The van der Waals surface area contributed by atoms with Gasteiger partial charge in [-0.1, -0.05) is 48.0 Å². The van der Waals surface area contributed by atoms with Crippen LogP contribution in [0.2, 0.25) is 0 Å². The molecule has 0 saturated carbocycles. The molecule has 1 heteroatoms. The van der Waals surface area contributed by atoms with Crippen LogP contribution in [-0.2, 0) is 6.42 Å². The third kappa shape index (κ3) is 2.37.